The number of rotatable bonds is 6. The fourth-order valence-corrected chi connectivity index (χ4v) is 2.70. The number of methoxy groups -OCH3 is 1. The van der Waals surface area contributed by atoms with E-state index in [1.807, 2.05) is 12.1 Å². The summed E-state index contributed by atoms with van der Waals surface area (Å²) in [6.07, 6.45) is 0.595. The van der Waals surface area contributed by atoms with E-state index in [2.05, 4.69) is 59.1 Å². The third-order valence-corrected chi connectivity index (χ3v) is 4.13. The van der Waals surface area contributed by atoms with Gasteiger partial charge in [0.2, 0.25) is 0 Å². The standard InChI is InChI=1S/C17H19FINO/c1-3-20-15(12-7-9-14(19)10-8-12)11-13-5-4-6-16(21-2)17(13)18/h4-10,15,20H,3,11H2,1-2H3. The Labute approximate surface area is 138 Å². The Morgan fingerprint density at radius 2 is 1.90 bits per heavy atom. The van der Waals surface area contributed by atoms with Crippen molar-refractivity contribution in [3.05, 3.63) is 63.0 Å². The van der Waals surface area contributed by atoms with E-state index in [4.69, 9.17) is 4.74 Å². The summed E-state index contributed by atoms with van der Waals surface area (Å²) in [6.45, 7) is 2.89. The van der Waals surface area contributed by atoms with Crippen LogP contribution >= 0.6 is 22.6 Å². The summed E-state index contributed by atoms with van der Waals surface area (Å²) in [4.78, 5) is 0. The van der Waals surface area contributed by atoms with Gasteiger partial charge in [-0.1, -0.05) is 31.2 Å². The first-order chi connectivity index (χ1) is 10.2. The van der Waals surface area contributed by atoms with E-state index in [1.165, 1.54) is 16.2 Å². The Bertz CT molecular complexity index is 586. The number of hydrogen-bond acceptors (Lipinski definition) is 2. The van der Waals surface area contributed by atoms with Gasteiger partial charge < -0.3 is 10.1 Å². The quantitative estimate of drug-likeness (QED) is 0.731. The molecule has 21 heavy (non-hydrogen) atoms. The van der Waals surface area contributed by atoms with Crippen molar-refractivity contribution in [3.8, 4) is 5.75 Å². The van der Waals surface area contributed by atoms with Crippen LogP contribution < -0.4 is 10.1 Å². The van der Waals surface area contributed by atoms with Crippen molar-refractivity contribution in [2.45, 2.75) is 19.4 Å². The molecule has 0 spiro atoms. The number of likely N-dealkylation sites (N-methyl/N-ethyl adjacent to an activating group) is 1. The first-order valence-corrected chi connectivity index (χ1v) is 8.03. The molecule has 112 valence electrons. The van der Waals surface area contributed by atoms with Gasteiger partial charge in [0.05, 0.1) is 7.11 Å². The van der Waals surface area contributed by atoms with E-state index in [9.17, 15) is 4.39 Å². The molecule has 0 fully saturated rings. The molecular formula is C17H19FINO. The number of ether oxygens (including phenoxy) is 1. The first kappa shape index (κ1) is 16.2. The van der Waals surface area contributed by atoms with Crippen LogP contribution in [0.5, 0.6) is 5.75 Å². The molecule has 4 heteroatoms. The Morgan fingerprint density at radius 1 is 1.19 bits per heavy atom. The predicted molar refractivity (Wildman–Crippen MR) is 92.2 cm³/mol. The Balaban J connectivity index is 2.26. The molecule has 2 nitrogen and oxygen atoms in total. The molecule has 0 saturated heterocycles. The molecular weight excluding hydrogens is 380 g/mol. The summed E-state index contributed by atoms with van der Waals surface area (Å²) in [6, 6.07) is 13.7. The summed E-state index contributed by atoms with van der Waals surface area (Å²) >= 11 is 2.28. The fourth-order valence-electron chi connectivity index (χ4n) is 2.34. The van der Waals surface area contributed by atoms with Crippen LogP contribution in [0.25, 0.3) is 0 Å². The van der Waals surface area contributed by atoms with Crippen LogP contribution in [0.3, 0.4) is 0 Å². The highest BCUT2D eigenvalue weighted by Gasteiger charge is 2.15. The average Bonchev–Trinajstić information content (AvgIpc) is 2.49. The molecule has 0 bridgehead atoms. The van der Waals surface area contributed by atoms with Crippen molar-refractivity contribution >= 4 is 22.6 Å². The molecule has 2 aromatic rings. The summed E-state index contributed by atoms with van der Waals surface area (Å²) < 4.78 is 20.5. The van der Waals surface area contributed by atoms with Gasteiger partial charge in [0, 0.05) is 9.61 Å². The highest BCUT2D eigenvalue weighted by atomic mass is 127. The van der Waals surface area contributed by atoms with Crippen molar-refractivity contribution in [1.29, 1.82) is 0 Å². The topological polar surface area (TPSA) is 21.3 Å². The SMILES string of the molecule is CCNC(Cc1cccc(OC)c1F)c1ccc(I)cc1. The number of nitrogens with one attached hydrogen (secondary N) is 1. The molecule has 2 rings (SSSR count). The molecule has 0 saturated carbocycles. The third-order valence-electron chi connectivity index (χ3n) is 3.41. The second-order valence-corrected chi connectivity index (χ2v) is 6.04. The van der Waals surface area contributed by atoms with E-state index < -0.39 is 0 Å². The van der Waals surface area contributed by atoms with Crippen LogP contribution in [-0.4, -0.2) is 13.7 Å². The lowest BCUT2D eigenvalue weighted by molar-refractivity contribution is 0.382. The maximum absolute atomic E-state index is 14.3. The largest absolute Gasteiger partial charge is 0.494 e. The van der Waals surface area contributed by atoms with Gasteiger partial charge in [-0.2, -0.15) is 0 Å². The molecule has 1 N–H and O–H groups in total. The average molecular weight is 399 g/mol. The lowest BCUT2D eigenvalue weighted by Crippen LogP contribution is -2.23. The Morgan fingerprint density at radius 3 is 2.52 bits per heavy atom. The number of benzene rings is 2. The summed E-state index contributed by atoms with van der Waals surface area (Å²) in [5.74, 6) is 0.0266. The summed E-state index contributed by atoms with van der Waals surface area (Å²) in [7, 11) is 1.49. The van der Waals surface area contributed by atoms with Gasteiger partial charge in [0.15, 0.2) is 11.6 Å². The van der Waals surface area contributed by atoms with Crippen LogP contribution in [-0.2, 0) is 6.42 Å². The summed E-state index contributed by atoms with van der Waals surface area (Å²) in [5, 5.41) is 3.42. The first-order valence-electron chi connectivity index (χ1n) is 6.96. The highest BCUT2D eigenvalue weighted by molar-refractivity contribution is 14.1. The molecule has 1 unspecified atom stereocenters. The molecule has 1 atom stereocenters. The summed E-state index contributed by atoms with van der Waals surface area (Å²) in [5.41, 5.74) is 1.83. The van der Waals surface area contributed by atoms with Crippen molar-refractivity contribution in [1.82, 2.24) is 5.32 Å². The fraction of sp³-hybridized carbons (Fsp3) is 0.294. The van der Waals surface area contributed by atoms with Gasteiger partial charge in [0.1, 0.15) is 0 Å². The maximum Gasteiger partial charge on any atom is 0.168 e. The molecule has 0 aliphatic heterocycles. The van der Waals surface area contributed by atoms with E-state index >= 15 is 0 Å². The molecule has 0 radical (unpaired) electrons. The molecule has 0 aliphatic rings. The zero-order valence-electron chi connectivity index (χ0n) is 12.2. The van der Waals surface area contributed by atoms with Crippen molar-refractivity contribution in [3.63, 3.8) is 0 Å². The molecule has 0 aliphatic carbocycles. The van der Waals surface area contributed by atoms with E-state index in [1.54, 1.807) is 6.07 Å². The smallest absolute Gasteiger partial charge is 0.168 e. The minimum absolute atomic E-state index is 0.0913. The molecule has 0 heterocycles. The monoisotopic (exact) mass is 399 g/mol. The van der Waals surface area contributed by atoms with Gasteiger partial charge in [0.25, 0.3) is 0 Å². The Kier molecular flexibility index (Phi) is 5.99. The highest BCUT2D eigenvalue weighted by Crippen LogP contribution is 2.25. The lowest BCUT2D eigenvalue weighted by atomic mass is 9.98. The third kappa shape index (κ3) is 4.17. The second-order valence-electron chi connectivity index (χ2n) is 4.80. The number of hydrogen-bond donors (Lipinski definition) is 1. The maximum atomic E-state index is 14.3. The van der Waals surface area contributed by atoms with E-state index in [0.29, 0.717) is 17.7 Å². The van der Waals surface area contributed by atoms with Gasteiger partial charge in [-0.3, -0.25) is 0 Å². The van der Waals surface area contributed by atoms with E-state index in [0.717, 1.165) is 6.54 Å². The number of halogens is 2. The normalized spacial score (nSPS) is 12.2. The van der Waals surface area contributed by atoms with Crippen LogP contribution in [0.4, 0.5) is 4.39 Å². The lowest BCUT2D eigenvalue weighted by Gasteiger charge is -2.19. The molecule has 0 aromatic heterocycles. The minimum atomic E-state index is -0.270. The van der Waals surface area contributed by atoms with Crippen LogP contribution in [0.1, 0.15) is 24.1 Å². The van der Waals surface area contributed by atoms with Gasteiger partial charge in [-0.25, -0.2) is 4.39 Å². The Hall–Kier alpha value is -1.14. The van der Waals surface area contributed by atoms with Gasteiger partial charge >= 0.3 is 0 Å². The van der Waals surface area contributed by atoms with Crippen molar-refractivity contribution < 1.29 is 9.13 Å². The van der Waals surface area contributed by atoms with Crippen LogP contribution in [0.2, 0.25) is 0 Å². The van der Waals surface area contributed by atoms with Crippen molar-refractivity contribution in [2.75, 3.05) is 13.7 Å². The van der Waals surface area contributed by atoms with Crippen LogP contribution in [0, 0.1) is 9.39 Å². The second kappa shape index (κ2) is 7.75. The van der Waals surface area contributed by atoms with E-state index in [-0.39, 0.29) is 11.9 Å². The predicted octanol–water partition coefficient (Wildman–Crippen LogP) is 4.33. The molecule has 2 aromatic carbocycles. The molecule has 0 amide bonds. The zero-order valence-corrected chi connectivity index (χ0v) is 14.4. The van der Waals surface area contributed by atoms with Gasteiger partial charge in [-0.05, 0) is 64.9 Å². The van der Waals surface area contributed by atoms with Gasteiger partial charge in [-0.15, -0.1) is 0 Å². The zero-order chi connectivity index (χ0) is 15.2. The van der Waals surface area contributed by atoms with Crippen molar-refractivity contribution in [2.24, 2.45) is 0 Å². The minimum Gasteiger partial charge on any atom is -0.494 e. The van der Waals surface area contributed by atoms with Crippen LogP contribution in [0.15, 0.2) is 42.5 Å².